The minimum absolute atomic E-state index is 0.236. The lowest BCUT2D eigenvalue weighted by molar-refractivity contribution is 0.333. The van der Waals surface area contributed by atoms with Gasteiger partial charge in [-0.25, -0.2) is 12.7 Å². The zero-order valence-electron chi connectivity index (χ0n) is 10.1. The number of nitrogens with zero attached hydrogens (tertiary/aromatic N) is 1. The number of hydrogen-bond acceptors (Lipinski definition) is 2. The van der Waals surface area contributed by atoms with E-state index in [1.165, 1.54) is 25.7 Å². The van der Waals surface area contributed by atoms with E-state index >= 15 is 0 Å². The Morgan fingerprint density at radius 3 is 1.93 bits per heavy atom. The van der Waals surface area contributed by atoms with Crippen molar-refractivity contribution in [2.75, 3.05) is 7.05 Å². The van der Waals surface area contributed by atoms with Gasteiger partial charge in [0.25, 0.3) is 0 Å². The third-order valence-corrected chi connectivity index (χ3v) is 5.63. The molecule has 1 fully saturated rings. The van der Waals surface area contributed by atoms with Gasteiger partial charge >= 0.3 is 0 Å². The smallest absolute Gasteiger partial charge is 0.212 e. The van der Waals surface area contributed by atoms with Crippen LogP contribution in [0.2, 0.25) is 0 Å². The van der Waals surface area contributed by atoms with Gasteiger partial charge in [-0.05, 0) is 26.7 Å². The van der Waals surface area contributed by atoms with Crippen LogP contribution in [0.5, 0.6) is 0 Å². The van der Waals surface area contributed by atoms with Crippen LogP contribution < -0.4 is 0 Å². The molecule has 1 saturated carbocycles. The standard InChI is InChI=1S/C11H23NO2S/c1-10(2)15(13,14)12(3)11-8-6-4-5-7-9-11/h10-11H,4-9H2,1-3H3. The van der Waals surface area contributed by atoms with Crippen LogP contribution in [0.25, 0.3) is 0 Å². The predicted octanol–water partition coefficient (Wildman–Crippen LogP) is 2.38. The zero-order valence-corrected chi connectivity index (χ0v) is 10.9. The highest BCUT2D eigenvalue weighted by molar-refractivity contribution is 7.89. The van der Waals surface area contributed by atoms with Crippen LogP contribution >= 0.6 is 0 Å². The van der Waals surface area contributed by atoms with Gasteiger partial charge in [0, 0.05) is 13.1 Å². The van der Waals surface area contributed by atoms with E-state index in [1.807, 2.05) is 0 Å². The molecule has 4 heteroatoms. The van der Waals surface area contributed by atoms with Gasteiger partial charge in [0.1, 0.15) is 0 Å². The monoisotopic (exact) mass is 233 g/mol. The lowest BCUT2D eigenvalue weighted by Crippen LogP contribution is -2.40. The van der Waals surface area contributed by atoms with E-state index < -0.39 is 10.0 Å². The molecule has 0 aromatic rings. The molecule has 0 heterocycles. The van der Waals surface area contributed by atoms with Crippen LogP contribution in [-0.4, -0.2) is 31.1 Å². The van der Waals surface area contributed by atoms with Crippen molar-refractivity contribution in [2.45, 2.75) is 63.7 Å². The highest BCUT2D eigenvalue weighted by Crippen LogP contribution is 2.23. The Hall–Kier alpha value is -0.0900. The fourth-order valence-corrected chi connectivity index (χ4v) is 3.45. The minimum Gasteiger partial charge on any atom is -0.212 e. The van der Waals surface area contributed by atoms with Gasteiger partial charge in [-0.2, -0.15) is 0 Å². The van der Waals surface area contributed by atoms with Crippen molar-refractivity contribution in [1.82, 2.24) is 4.31 Å². The molecule has 0 spiro atoms. The highest BCUT2D eigenvalue weighted by atomic mass is 32.2. The molecule has 1 aliphatic carbocycles. The fourth-order valence-electron chi connectivity index (χ4n) is 2.16. The molecule has 15 heavy (non-hydrogen) atoms. The largest absolute Gasteiger partial charge is 0.216 e. The molecular formula is C11H23NO2S. The molecule has 0 bridgehead atoms. The van der Waals surface area contributed by atoms with Gasteiger partial charge in [0.2, 0.25) is 10.0 Å². The maximum absolute atomic E-state index is 12.0. The topological polar surface area (TPSA) is 37.4 Å². The third-order valence-electron chi connectivity index (χ3n) is 3.34. The van der Waals surface area contributed by atoms with Crippen LogP contribution in [0.1, 0.15) is 52.4 Å². The van der Waals surface area contributed by atoms with E-state index in [0.29, 0.717) is 0 Å². The molecule has 0 aromatic carbocycles. The summed E-state index contributed by atoms with van der Waals surface area (Å²) in [4.78, 5) is 0. The van der Waals surface area contributed by atoms with Crippen molar-refractivity contribution in [1.29, 1.82) is 0 Å². The Bertz CT molecular complexity index is 277. The lowest BCUT2D eigenvalue weighted by atomic mass is 10.1. The molecule has 0 aromatic heterocycles. The summed E-state index contributed by atoms with van der Waals surface area (Å²) in [7, 11) is -1.32. The van der Waals surface area contributed by atoms with E-state index in [0.717, 1.165) is 12.8 Å². The first-order chi connectivity index (χ1) is 6.96. The second-order valence-corrected chi connectivity index (χ2v) is 7.30. The summed E-state index contributed by atoms with van der Waals surface area (Å²) < 4.78 is 25.5. The van der Waals surface area contributed by atoms with Crippen molar-refractivity contribution in [3.05, 3.63) is 0 Å². The summed E-state index contributed by atoms with van der Waals surface area (Å²) >= 11 is 0. The molecule has 0 saturated heterocycles. The second-order valence-electron chi connectivity index (χ2n) is 4.76. The van der Waals surface area contributed by atoms with Gasteiger partial charge in [-0.1, -0.05) is 25.7 Å². The van der Waals surface area contributed by atoms with E-state index in [1.54, 1.807) is 25.2 Å². The molecule has 0 N–H and O–H groups in total. The van der Waals surface area contributed by atoms with Crippen LogP contribution in [0.15, 0.2) is 0 Å². The molecule has 0 amide bonds. The molecule has 1 aliphatic rings. The van der Waals surface area contributed by atoms with Crippen LogP contribution in [0, 0.1) is 0 Å². The highest BCUT2D eigenvalue weighted by Gasteiger charge is 2.28. The fraction of sp³-hybridized carbons (Fsp3) is 1.00. The molecule has 0 atom stereocenters. The SMILES string of the molecule is CC(C)S(=O)(=O)N(C)C1CCCCCC1. The maximum Gasteiger partial charge on any atom is 0.216 e. The van der Waals surface area contributed by atoms with Crippen LogP contribution in [0.3, 0.4) is 0 Å². The summed E-state index contributed by atoms with van der Waals surface area (Å²) in [6.07, 6.45) is 6.91. The van der Waals surface area contributed by atoms with E-state index in [-0.39, 0.29) is 11.3 Å². The molecule has 90 valence electrons. The average molecular weight is 233 g/mol. The first-order valence-electron chi connectivity index (χ1n) is 5.93. The maximum atomic E-state index is 12.0. The summed E-state index contributed by atoms with van der Waals surface area (Å²) in [6, 6.07) is 0.236. The quantitative estimate of drug-likeness (QED) is 0.702. The minimum atomic E-state index is -3.06. The Balaban J connectivity index is 2.69. The van der Waals surface area contributed by atoms with Gasteiger partial charge in [0.15, 0.2) is 0 Å². The van der Waals surface area contributed by atoms with E-state index in [4.69, 9.17) is 0 Å². The van der Waals surface area contributed by atoms with Crippen LogP contribution in [-0.2, 0) is 10.0 Å². The van der Waals surface area contributed by atoms with Gasteiger partial charge < -0.3 is 0 Å². The zero-order chi connectivity index (χ0) is 11.5. The summed E-state index contributed by atoms with van der Waals surface area (Å²) in [5.41, 5.74) is 0. The third kappa shape index (κ3) is 3.18. The lowest BCUT2D eigenvalue weighted by Gasteiger charge is -2.28. The van der Waals surface area contributed by atoms with Gasteiger partial charge in [-0.3, -0.25) is 0 Å². The average Bonchev–Trinajstić information content (AvgIpc) is 2.44. The molecule has 0 unspecified atom stereocenters. The van der Waals surface area contributed by atoms with E-state index in [2.05, 4.69) is 0 Å². The summed E-state index contributed by atoms with van der Waals surface area (Å²) in [5.74, 6) is 0. The molecule has 0 aliphatic heterocycles. The van der Waals surface area contributed by atoms with Crippen molar-refractivity contribution < 1.29 is 8.42 Å². The van der Waals surface area contributed by atoms with Crippen molar-refractivity contribution >= 4 is 10.0 Å². The molecule has 3 nitrogen and oxygen atoms in total. The normalized spacial score (nSPS) is 20.9. The first kappa shape index (κ1) is 13.0. The van der Waals surface area contributed by atoms with Gasteiger partial charge in [-0.15, -0.1) is 0 Å². The number of hydrogen-bond donors (Lipinski definition) is 0. The molecular weight excluding hydrogens is 210 g/mol. The van der Waals surface area contributed by atoms with Crippen molar-refractivity contribution in [2.24, 2.45) is 0 Å². The van der Waals surface area contributed by atoms with Crippen molar-refractivity contribution in [3.8, 4) is 0 Å². The number of sulfonamides is 1. The predicted molar refractivity (Wildman–Crippen MR) is 63.3 cm³/mol. The Kier molecular flexibility index (Phi) is 4.59. The Labute approximate surface area is 93.9 Å². The second kappa shape index (κ2) is 5.30. The summed E-state index contributed by atoms with van der Waals surface area (Å²) in [6.45, 7) is 3.51. The molecule has 1 rings (SSSR count). The number of rotatable bonds is 3. The van der Waals surface area contributed by atoms with Crippen molar-refractivity contribution in [3.63, 3.8) is 0 Å². The van der Waals surface area contributed by atoms with Crippen LogP contribution in [0.4, 0.5) is 0 Å². The summed E-state index contributed by atoms with van der Waals surface area (Å²) in [5, 5.41) is -0.300. The Morgan fingerprint density at radius 2 is 1.53 bits per heavy atom. The van der Waals surface area contributed by atoms with E-state index in [9.17, 15) is 8.42 Å². The molecule has 0 radical (unpaired) electrons. The first-order valence-corrected chi connectivity index (χ1v) is 7.43. The Morgan fingerprint density at radius 1 is 1.07 bits per heavy atom. The van der Waals surface area contributed by atoms with Gasteiger partial charge in [0.05, 0.1) is 5.25 Å².